The standard InChI is InChI=1S/C12H10N4O6/c1-7-6-14(12(18)13(2)11(7)17)9-4-3-8(15(19)20)5-10(9)16(21)22/h3-6H,1-2H3. The first-order chi connectivity index (χ1) is 10.2. The summed E-state index contributed by atoms with van der Waals surface area (Å²) in [6.45, 7) is 1.45. The van der Waals surface area contributed by atoms with Crippen molar-refractivity contribution in [2.75, 3.05) is 0 Å². The molecule has 10 nitrogen and oxygen atoms in total. The van der Waals surface area contributed by atoms with Gasteiger partial charge in [-0.15, -0.1) is 0 Å². The maximum atomic E-state index is 12.1. The number of aryl methyl sites for hydroxylation is 1. The molecule has 0 spiro atoms. The SMILES string of the molecule is Cc1cn(-c2ccc([N+](=O)[O-])cc2[N+](=O)[O-])c(=O)n(C)c1=O. The van der Waals surface area contributed by atoms with Crippen molar-refractivity contribution in [1.82, 2.24) is 9.13 Å². The van der Waals surface area contributed by atoms with Crippen molar-refractivity contribution in [3.8, 4) is 5.69 Å². The quantitative estimate of drug-likeness (QED) is 0.604. The van der Waals surface area contributed by atoms with Crippen LogP contribution in [0.25, 0.3) is 5.69 Å². The Morgan fingerprint density at radius 3 is 2.27 bits per heavy atom. The summed E-state index contributed by atoms with van der Waals surface area (Å²) in [5.41, 5.74) is -2.33. The van der Waals surface area contributed by atoms with E-state index in [1.807, 2.05) is 0 Å². The van der Waals surface area contributed by atoms with Gasteiger partial charge in [0.25, 0.3) is 16.9 Å². The van der Waals surface area contributed by atoms with Crippen LogP contribution in [-0.2, 0) is 7.05 Å². The van der Waals surface area contributed by atoms with Crippen molar-refractivity contribution in [3.05, 3.63) is 71.0 Å². The molecule has 1 aromatic carbocycles. The van der Waals surface area contributed by atoms with Crippen LogP contribution in [0.1, 0.15) is 5.56 Å². The number of nitrogens with zero attached hydrogens (tertiary/aromatic N) is 4. The van der Waals surface area contributed by atoms with Gasteiger partial charge in [0.15, 0.2) is 0 Å². The lowest BCUT2D eigenvalue weighted by Crippen LogP contribution is -2.38. The average Bonchev–Trinajstić information content (AvgIpc) is 2.48. The molecule has 2 rings (SSSR count). The van der Waals surface area contributed by atoms with Crippen LogP contribution in [0.2, 0.25) is 0 Å². The van der Waals surface area contributed by atoms with Crippen LogP contribution in [0.4, 0.5) is 11.4 Å². The van der Waals surface area contributed by atoms with E-state index in [1.54, 1.807) is 0 Å². The van der Waals surface area contributed by atoms with E-state index in [9.17, 15) is 29.8 Å². The van der Waals surface area contributed by atoms with E-state index < -0.39 is 32.5 Å². The van der Waals surface area contributed by atoms with Gasteiger partial charge in [0, 0.05) is 24.9 Å². The lowest BCUT2D eigenvalue weighted by molar-refractivity contribution is -0.394. The molecule has 0 aliphatic heterocycles. The lowest BCUT2D eigenvalue weighted by Gasteiger charge is -2.09. The topological polar surface area (TPSA) is 130 Å². The molecule has 0 aliphatic carbocycles. The van der Waals surface area contributed by atoms with Crippen LogP contribution in [0.3, 0.4) is 0 Å². The number of non-ortho nitro benzene ring substituents is 1. The van der Waals surface area contributed by atoms with Gasteiger partial charge in [0.05, 0.1) is 15.9 Å². The number of hydrogen-bond donors (Lipinski definition) is 0. The summed E-state index contributed by atoms with van der Waals surface area (Å²) in [6.07, 6.45) is 1.17. The predicted octanol–water partition coefficient (Wildman–Crippen LogP) is 0.661. The second-order valence-electron chi connectivity index (χ2n) is 4.52. The van der Waals surface area contributed by atoms with Gasteiger partial charge in [-0.05, 0) is 13.0 Å². The van der Waals surface area contributed by atoms with Crippen LogP contribution in [0.5, 0.6) is 0 Å². The molecule has 0 N–H and O–H groups in total. The maximum absolute atomic E-state index is 12.1. The van der Waals surface area contributed by atoms with Gasteiger partial charge in [-0.3, -0.25) is 34.2 Å². The highest BCUT2D eigenvalue weighted by Crippen LogP contribution is 2.26. The fourth-order valence-electron chi connectivity index (χ4n) is 1.97. The Bertz CT molecular complexity index is 911. The van der Waals surface area contributed by atoms with E-state index in [2.05, 4.69) is 0 Å². The van der Waals surface area contributed by atoms with E-state index in [0.29, 0.717) is 0 Å². The normalized spacial score (nSPS) is 10.5. The Hall–Kier alpha value is -3.30. The molecular formula is C12H10N4O6. The Balaban J connectivity index is 2.84. The number of benzene rings is 1. The molecule has 1 heterocycles. The summed E-state index contributed by atoms with van der Waals surface area (Å²) in [5, 5.41) is 21.8. The van der Waals surface area contributed by atoms with Crippen molar-refractivity contribution in [1.29, 1.82) is 0 Å². The summed E-state index contributed by atoms with van der Waals surface area (Å²) >= 11 is 0. The van der Waals surface area contributed by atoms with Crippen molar-refractivity contribution in [2.45, 2.75) is 6.92 Å². The summed E-state index contributed by atoms with van der Waals surface area (Å²) in [7, 11) is 1.24. The largest absolute Gasteiger partial charge is 0.335 e. The molecule has 114 valence electrons. The highest BCUT2D eigenvalue weighted by Gasteiger charge is 2.22. The van der Waals surface area contributed by atoms with E-state index >= 15 is 0 Å². The second-order valence-corrected chi connectivity index (χ2v) is 4.52. The first-order valence-corrected chi connectivity index (χ1v) is 5.96. The molecule has 0 unspecified atom stereocenters. The van der Waals surface area contributed by atoms with E-state index in [0.717, 1.165) is 27.3 Å². The number of nitro groups is 2. The van der Waals surface area contributed by atoms with E-state index in [1.165, 1.54) is 20.2 Å². The van der Waals surface area contributed by atoms with Gasteiger partial charge < -0.3 is 0 Å². The lowest BCUT2D eigenvalue weighted by atomic mass is 10.2. The maximum Gasteiger partial charge on any atom is 0.335 e. The zero-order chi connectivity index (χ0) is 16.6. The predicted molar refractivity (Wildman–Crippen MR) is 75.3 cm³/mol. The number of rotatable bonds is 3. The molecule has 0 saturated heterocycles. The summed E-state index contributed by atoms with van der Waals surface area (Å²) < 4.78 is 1.72. The Morgan fingerprint density at radius 2 is 1.73 bits per heavy atom. The van der Waals surface area contributed by atoms with Crippen LogP contribution in [-0.4, -0.2) is 19.0 Å². The molecule has 0 bridgehead atoms. The summed E-state index contributed by atoms with van der Waals surface area (Å²) in [6, 6.07) is 2.92. The van der Waals surface area contributed by atoms with Gasteiger partial charge in [-0.25, -0.2) is 4.79 Å². The zero-order valence-electron chi connectivity index (χ0n) is 11.5. The molecule has 0 saturated carbocycles. The molecule has 22 heavy (non-hydrogen) atoms. The third kappa shape index (κ3) is 2.37. The average molecular weight is 306 g/mol. The first-order valence-electron chi connectivity index (χ1n) is 5.96. The van der Waals surface area contributed by atoms with Gasteiger partial charge in [-0.1, -0.05) is 0 Å². The molecule has 2 aromatic rings. The molecule has 1 aromatic heterocycles. The highest BCUT2D eigenvalue weighted by atomic mass is 16.6. The third-order valence-electron chi connectivity index (χ3n) is 3.08. The Kier molecular flexibility index (Phi) is 3.59. The molecule has 0 radical (unpaired) electrons. The van der Waals surface area contributed by atoms with Gasteiger partial charge >= 0.3 is 5.69 Å². The van der Waals surface area contributed by atoms with Crippen molar-refractivity contribution < 1.29 is 9.85 Å². The molecular weight excluding hydrogens is 296 g/mol. The second kappa shape index (κ2) is 5.24. The monoisotopic (exact) mass is 306 g/mol. The molecule has 0 aliphatic rings. The summed E-state index contributed by atoms with van der Waals surface area (Å²) in [4.78, 5) is 44.0. The van der Waals surface area contributed by atoms with Crippen molar-refractivity contribution in [3.63, 3.8) is 0 Å². The highest BCUT2D eigenvalue weighted by molar-refractivity contribution is 5.58. The minimum atomic E-state index is -0.824. The molecule has 0 atom stereocenters. The fourth-order valence-corrected chi connectivity index (χ4v) is 1.97. The van der Waals surface area contributed by atoms with Crippen LogP contribution < -0.4 is 11.2 Å². The van der Waals surface area contributed by atoms with E-state index in [4.69, 9.17) is 0 Å². The molecule has 0 fully saturated rings. The van der Waals surface area contributed by atoms with Crippen molar-refractivity contribution in [2.24, 2.45) is 7.05 Å². The van der Waals surface area contributed by atoms with Crippen LogP contribution in [0.15, 0.2) is 34.0 Å². The minimum absolute atomic E-state index is 0.153. The number of aromatic nitrogens is 2. The Morgan fingerprint density at radius 1 is 1.09 bits per heavy atom. The fraction of sp³-hybridized carbons (Fsp3) is 0.167. The van der Waals surface area contributed by atoms with Crippen LogP contribution >= 0.6 is 0 Å². The van der Waals surface area contributed by atoms with Gasteiger partial charge in [-0.2, -0.15) is 0 Å². The van der Waals surface area contributed by atoms with Crippen molar-refractivity contribution >= 4 is 11.4 Å². The zero-order valence-corrected chi connectivity index (χ0v) is 11.5. The van der Waals surface area contributed by atoms with Gasteiger partial charge in [0.1, 0.15) is 5.69 Å². The molecule has 10 heteroatoms. The number of hydrogen-bond acceptors (Lipinski definition) is 6. The van der Waals surface area contributed by atoms with Crippen LogP contribution in [0, 0.1) is 27.2 Å². The Labute approximate surface area is 122 Å². The minimum Gasteiger partial charge on any atom is -0.269 e. The smallest absolute Gasteiger partial charge is 0.269 e. The number of nitro benzene ring substituents is 2. The molecule has 0 amide bonds. The first kappa shape index (κ1) is 15.1. The summed E-state index contributed by atoms with van der Waals surface area (Å²) in [5.74, 6) is 0. The van der Waals surface area contributed by atoms with E-state index in [-0.39, 0.29) is 11.3 Å². The van der Waals surface area contributed by atoms with Gasteiger partial charge in [0.2, 0.25) is 0 Å². The third-order valence-corrected chi connectivity index (χ3v) is 3.08.